The van der Waals surface area contributed by atoms with Gasteiger partial charge in [0.05, 0.1) is 0 Å². The molecule has 0 aliphatic carbocycles. The van der Waals surface area contributed by atoms with Gasteiger partial charge in [-0.25, -0.2) is 0 Å². The SMILES string of the molecule is CC(C)C1CCCN2CCCC12. The van der Waals surface area contributed by atoms with Gasteiger partial charge in [0, 0.05) is 6.04 Å². The molecule has 0 saturated carbocycles. The predicted molar refractivity (Wildman–Crippen MR) is 52.2 cm³/mol. The summed E-state index contributed by atoms with van der Waals surface area (Å²) in [5, 5.41) is 0. The van der Waals surface area contributed by atoms with Crippen LogP contribution < -0.4 is 0 Å². The van der Waals surface area contributed by atoms with Crippen LogP contribution in [0.4, 0.5) is 0 Å². The van der Waals surface area contributed by atoms with Crippen LogP contribution in [0.1, 0.15) is 39.5 Å². The van der Waals surface area contributed by atoms with Gasteiger partial charge in [-0.05, 0) is 50.6 Å². The van der Waals surface area contributed by atoms with Crippen LogP contribution in [0.3, 0.4) is 0 Å². The maximum absolute atomic E-state index is 2.73. The number of rotatable bonds is 1. The van der Waals surface area contributed by atoms with E-state index in [9.17, 15) is 0 Å². The van der Waals surface area contributed by atoms with Crippen molar-refractivity contribution in [1.29, 1.82) is 0 Å². The lowest BCUT2D eigenvalue weighted by molar-refractivity contribution is 0.104. The first-order chi connectivity index (χ1) is 5.79. The van der Waals surface area contributed by atoms with E-state index in [1.807, 2.05) is 0 Å². The fourth-order valence-electron chi connectivity index (χ4n) is 3.11. The normalized spacial score (nSPS) is 37.2. The lowest BCUT2D eigenvalue weighted by atomic mass is 9.81. The van der Waals surface area contributed by atoms with Gasteiger partial charge >= 0.3 is 0 Å². The second-order valence-electron chi connectivity index (χ2n) is 4.80. The number of piperidine rings is 1. The molecule has 2 unspecified atom stereocenters. The van der Waals surface area contributed by atoms with Gasteiger partial charge < -0.3 is 4.90 Å². The van der Waals surface area contributed by atoms with E-state index >= 15 is 0 Å². The Morgan fingerprint density at radius 2 is 1.75 bits per heavy atom. The third-order valence-electron chi connectivity index (χ3n) is 3.75. The van der Waals surface area contributed by atoms with Crippen LogP contribution in [0.25, 0.3) is 0 Å². The zero-order valence-electron chi connectivity index (χ0n) is 8.42. The van der Waals surface area contributed by atoms with E-state index in [1.54, 1.807) is 0 Å². The standard InChI is InChI=1S/C11H21N/c1-9(2)10-5-3-7-12-8-4-6-11(10)12/h9-11H,3-8H2,1-2H3. The molecule has 0 N–H and O–H groups in total. The van der Waals surface area contributed by atoms with Gasteiger partial charge in [-0.15, -0.1) is 0 Å². The summed E-state index contributed by atoms with van der Waals surface area (Å²) >= 11 is 0. The van der Waals surface area contributed by atoms with Crippen LogP contribution in [-0.2, 0) is 0 Å². The van der Waals surface area contributed by atoms with E-state index in [1.165, 1.54) is 38.8 Å². The molecule has 0 spiro atoms. The molecule has 2 fully saturated rings. The van der Waals surface area contributed by atoms with Crippen molar-refractivity contribution < 1.29 is 0 Å². The minimum Gasteiger partial charge on any atom is -0.300 e. The first-order valence-electron chi connectivity index (χ1n) is 5.53. The van der Waals surface area contributed by atoms with Gasteiger partial charge in [0.1, 0.15) is 0 Å². The minimum atomic E-state index is 0.899. The summed E-state index contributed by atoms with van der Waals surface area (Å²) in [4.78, 5) is 2.73. The van der Waals surface area contributed by atoms with E-state index in [0.29, 0.717) is 0 Å². The van der Waals surface area contributed by atoms with E-state index < -0.39 is 0 Å². The van der Waals surface area contributed by atoms with Crippen molar-refractivity contribution in [2.45, 2.75) is 45.6 Å². The lowest BCUT2D eigenvalue weighted by Crippen LogP contribution is -2.42. The van der Waals surface area contributed by atoms with E-state index in [2.05, 4.69) is 18.7 Å². The van der Waals surface area contributed by atoms with Gasteiger partial charge in [0.2, 0.25) is 0 Å². The number of fused-ring (bicyclic) bond motifs is 1. The Morgan fingerprint density at radius 1 is 1.08 bits per heavy atom. The predicted octanol–water partition coefficient (Wildman–Crippen LogP) is 2.52. The Bertz CT molecular complexity index is 153. The summed E-state index contributed by atoms with van der Waals surface area (Å²) < 4.78 is 0. The second-order valence-corrected chi connectivity index (χ2v) is 4.80. The van der Waals surface area contributed by atoms with Crippen LogP contribution in [0.5, 0.6) is 0 Å². The minimum absolute atomic E-state index is 0.899. The molecule has 70 valence electrons. The van der Waals surface area contributed by atoms with E-state index in [4.69, 9.17) is 0 Å². The molecule has 2 saturated heterocycles. The fraction of sp³-hybridized carbons (Fsp3) is 1.00. The first kappa shape index (κ1) is 8.55. The maximum Gasteiger partial charge on any atom is 0.0126 e. The molecule has 2 atom stereocenters. The summed E-state index contributed by atoms with van der Waals surface area (Å²) in [6.45, 7) is 7.56. The first-order valence-corrected chi connectivity index (χ1v) is 5.53. The van der Waals surface area contributed by atoms with Crippen molar-refractivity contribution in [2.75, 3.05) is 13.1 Å². The summed E-state index contributed by atoms with van der Waals surface area (Å²) in [7, 11) is 0. The molecule has 0 amide bonds. The largest absolute Gasteiger partial charge is 0.300 e. The zero-order valence-corrected chi connectivity index (χ0v) is 8.42. The monoisotopic (exact) mass is 167 g/mol. The molecule has 2 aliphatic rings. The smallest absolute Gasteiger partial charge is 0.0126 e. The van der Waals surface area contributed by atoms with E-state index in [0.717, 1.165) is 17.9 Å². The Hall–Kier alpha value is -0.0400. The average molecular weight is 167 g/mol. The average Bonchev–Trinajstić information content (AvgIpc) is 2.49. The fourth-order valence-corrected chi connectivity index (χ4v) is 3.11. The Morgan fingerprint density at radius 3 is 2.42 bits per heavy atom. The molecule has 2 rings (SSSR count). The second kappa shape index (κ2) is 3.37. The van der Waals surface area contributed by atoms with Gasteiger partial charge in [0.15, 0.2) is 0 Å². The molecule has 12 heavy (non-hydrogen) atoms. The van der Waals surface area contributed by atoms with Crippen LogP contribution in [-0.4, -0.2) is 24.0 Å². The molecule has 2 aliphatic heterocycles. The molecule has 2 heterocycles. The molecule has 1 heteroatoms. The van der Waals surface area contributed by atoms with Crippen LogP contribution in [0.2, 0.25) is 0 Å². The van der Waals surface area contributed by atoms with Gasteiger partial charge in [-0.3, -0.25) is 0 Å². The molecule has 0 aromatic carbocycles. The van der Waals surface area contributed by atoms with Crippen molar-refractivity contribution in [3.05, 3.63) is 0 Å². The molecular weight excluding hydrogens is 146 g/mol. The number of hydrogen-bond donors (Lipinski definition) is 0. The Kier molecular flexibility index (Phi) is 2.40. The van der Waals surface area contributed by atoms with Gasteiger partial charge in [-0.2, -0.15) is 0 Å². The highest BCUT2D eigenvalue weighted by molar-refractivity contribution is 4.89. The summed E-state index contributed by atoms with van der Waals surface area (Å²) in [5.74, 6) is 1.90. The van der Waals surface area contributed by atoms with Crippen LogP contribution in [0, 0.1) is 11.8 Å². The highest BCUT2D eigenvalue weighted by Crippen LogP contribution is 2.35. The molecule has 1 nitrogen and oxygen atoms in total. The zero-order chi connectivity index (χ0) is 8.55. The van der Waals surface area contributed by atoms with Crippen LogP contribution in [0.15, 0.2) is 0 Å². The summed E-state index contributed by atoms with van der Waals surface area (Å²) in [5.41, 5.74) is 0. The van der Waals surface area contributed by atoms with Crippen molar-refractivity contribution in [1.82, 2.24) is 4.90 Å². The quantitative estimate of drug-likeness (QED) is 0.580. The third kappa shape index (κ3) is 1.39. The summed E-state index contributed by atoms with van der Waals surface area (Å²) in [6, 6.07) is 0.957. The highest BCUT2D eigenvalue weighted by Gasteiger charge is 2.35. The van der Waals surface area contributed by atoms with Crippen LogP contribution >= 0.6 is 0 Å². The number of nitrogens with zero attached hydrogens (tertiary/aromatic N) is 1. The van der Waals surface area contributed by atoms with Crippen molar-refractivity contribution in [2.24, 2.45) is 11.8 Å². The number of hydrogen-bond acceptors (Lipinski definition) is 1. The van der Waals surface area contributed by atoms with Crippen molar-refractivity contribution >= 4 is 0 Å². The van der Waals surface area contributed by atoms with Gasteiger partial charge in [0.25, 0.3) is 0 Å². The molecule has 0 bridgehead atoms. The lowest BCUT2D eigenvalue weighted by Gasteiger charge is -2.38. The highest BCUT2D eigenvalue weighted by atomic mass is 15.2. The molecule has 0 aromatic rings. The van der Waals surface area contributed by atoms with Crippen molar-refractivity contribution in [3.63, 3.8) is 0 Å². The molecule has 0 aromatic heterocycles. The summed E-state index contributed by atoms with van der Waals surface area (Å²) in [6.07, 6.45) is 5.86. The molecular formula is C11H21N. The third-order valence-corrected chi connectivity index (χ3v) is 3.75. The Balaban J connectivity index is 2.03. The van der Waals surface area contributed by atoms with Gasteiger partial charge in [-0.1, -0.05) is 13.8 Å². The topological polar surface area (TPSA) is 3.24 Å². The van der Waals surface area contributed by atoms with E-state index in [-0.39, 0.29) is 0 Å². The maximum atomic E-state index is 2.73. The molecule has 0 radical (unpaired) electrons. The van der Waals surface area contributed by atoms with Crippen molar-refractivity contribution in [3.8, 4) is 0 Å². The Labute approximate surface area is 76.1 Å².